The highest BCUT2D eigenvalue weighted by Gasteiger charge is 2.25. The first kappa shape index (κ1) is 13.8. The number of carbonyl (C=O) groups is 1. The zero-order valence-corrected chi connectivity index (χ0v) is 11.8. The minimum atomic E-state index is 0.134. The van der Waals surface area contributed by atoms with Gasteiger partial charge in [0.05, 0.1) is 6.61 Å². The van der Waals surface area contributed by atoms with Crippen molar-refractivity contribution in [2.45, 2.75) is 33.1 Å². The highest BCUT2D eigenvalue weighted by molar-refractivity contribution is 5.79. The quantitative estimate of drug-likeness (QED) is 0.818. The lowest BCUT2D eigenvalue weighted by Gasteiger charge is -2.33. The number of ketones is 1. The van der Waals surface area contributed by atoms with Gasteiger partial charge in [0.2, 0.25) is 0 Å². The molecular weight excluding hydrogens is 240 g/mol. The molecule has 1 atom stereocenters. The van der Waals surface area contributed by atoms with Crippen LogP contribution in [0.4, 0.5) is 5.82 Å². The molecule has 4 heteroatoms. The molecule has 104 valence electrons. The van der Waals surface area contributed by atoms with E-state index in [4.69, 9.17) is 4.74 Å². The third-order valence-corrected chi connectivity index (χ3v) is 3.51. The number of aromatic nitrogens is 1. The molecule has 4 nitrogen and oxygen atoms in total. The molecule has 1 fully saturated rings. The number of nitrogens with zero attached hydrogens (tertiary/aromatic N) is 2. The monoisotopic (exact) mass is 262 g/mol. The summed E-state index contributed by atoms with van der Waals surface area (Å²) in [4.78, 5) is 18.2. The first-order valence-electron chi connectivity index (χ1n) is 7.05. The van der Waals surface area contributed by atoms with Crippen LogP contribution in [0, 0.1) is 5.92 Å². The summed E-state index contributed by atoms with van der Waals surface area (Å²) in [5, 5.41) is 0. The van der Waals surface area contributed by atoms with E-state index < -0.39 is 0 Å². The van der Waals surface area contributed by atoms with E-state index in [0.717, 1.165) is 43.9 Å². The van der Waals surface area contributed by atoms with E-state index in [1.807, 2.05) is 12.1 Å². The Morgan fingerprint density at radius 1 is 1.58 bits per heavy atom. The van der Waals surface area contributed by atoms with Crippen molar-refractivity contribution in [2.24, 2.45) is 5.92 Å². The Kier molecular flexibility index (Phi) is 4.77. The molecule has 1 unspecified atom stereocenters. The summed E-state index contributed by atoms with van der Waals surface area (Å²) in [7, 11) is 0. The largest absolute Gasteiger partial charge is 0.490 e. The van der Waals surface area contributed by atoms with Gasteiger partial charge >= 0.3 is 0 Å². The molecule has 0 aromatic carbocycles. The lowest BCUT2D eigenvalue weighted by molar-refractivity contribution is -0.120. The van der Waals surface area contributed by atoms with Gasteiger partial charge < -0.3 is 9.64 Å². The van der Waals surface area contributed by atoms with E-state index in [2.05, 4.69) is 16.8 Å². The van der Waals surface area contributed by atoms with E-state index in [9.17, 15) is 4.79 Å². The lowest BCUT2D eigenvalue weighted by atomic mass is 9.94. The minimum absolute atomic E-state index is 0.134. The van der Waals surface area contributed by atoms with Crippen molar-refractivity contribution < 1.29 is 9.53 Å². The van der Waals surface area contributed by atoms with Crippen LogP contribution in [0.2, 0.25) is 0 Å². The number of hydrogen-bond donors (Lipinski definition) is 0. The molecule has 2 rings (SSSR count). The second-order valence-electron chi connectivity index (χ2n) is 5.07. The fraction of sp³-hybridized carbons (Fsp3) is 0.600. The maximum atomic E-state index is 11.6. The maximum Gasteiger partial charge on any atom is 0.171 e. The van der Waals surface area contributed by atoms with Gasteiger partial charge in [0.15, 0.2) is 11.6 Å². The molecule has 1 aliphatic rings. The molecule has 1 aliphatic heterocycles. The van der Waals surface area contributed by atoms with Crippen LogP contribution in [0.3, 0.4) is 0 Å². The molecule has 1 aromatic rings. The Morgan fingerprint density at radius 3 is 3.16 bits per heavy atom. The Morgan fingerprint density at radius 2 is 2.42 bits per heavy atom. The standard InChI is InChI=1S/C15H22N2O2/c1-3-10-19-14-7-4-8-16-15(14)17-9-5-6-13(11-17)12(2)18/h4,7-8,13H,3,5-6,9-11H2,1-2H3. The molecule has 0 saturated carbocycles. The topological polar surface area (TPSA) is 42.4 Å². The average Bonchev–Trinajstić information content (AvgIpc) is 2.45. The number of rotatable bonds is 5. The first-order chi connectivity index (χ1) is 9.22. The number of ether oxygens (including phenoxy) is 1. The predicted octanol–water partition coefficient (Wildman–Crippen LogP) is 2.68. The smallest absolute Gasteiger partial charge is 0.171 e. The Bertz CT molecular complexity index is 434. The minimum Gasteiger partial charge on any atom is -0.490 e. The molecule has 2 heterocycles. The molecule has 1 saturated heterocycles. The molecule has 1 aromatic heterocycles. The molecular formula is C15H22N2O2. The van der Waals surface area contributed by atoms with Gasteiger partial charge in [0, 0.05) is 25.2 Å². The van der Waals surface area contributed by atoms with E-state index in [0.29, 0.717) is 6.61 Å². The van der Waals surface area contributed by atoms with Gasteiger partial charge in [-0.3, -0.25) is 4.79 Å². The normalized spacial score (nSPS) is 19.3. The van der Waals surface area contributed by atoms with Crippen molar-refractivity contribution in [3.05, 3.63) is 18.3 Å². The number of carbonyl (C=O) groups excluding carboxylic acids is 1. The third-order valence-electron chi connectivity index (χ3n) is 3.51. The van der Waals surface area contributed by atoms with E-state index >= 15 is 0 Å². The van der Waals surface area contributed by atoms with Gasteiger partial charge in [-0.05, 0) is 38.3 Å². The van der Waals surface area contributed by atoms with Crippen molar-refractivity contribution >= 4 is 11.6 Å². The summed E-state index contributed by atoms with van der Waals surface area (Å²) >= 11 is 0. The van der Waals surface area contributed by atoms with Crippen molar-refractivity contribution in [1.82, 2.24) is 4.98 Å². The number of anilines is 1. The van der Waals surface area contributed by atoms with Crippen LogP contribution < -0.4 is 9.64 Å². The zero-order valence-electron chi connectivity index (χ0n) is 11.8. The van der Waals surface area contributed by atoms with Crippen LogP contribution >= 0.6 is 0 Å². The third kappa shape index (κ3) is 3.46. The molecule has 0 amide bonds. The predicted molar refractivity (Wildman–Crippen MR) is 75.6 cm³/mol. The molecule has 0 radical (unpaired) electrons. The van der Waals surface area contributed by atoms with E-state index in [1.165, 1.54) is 0 Å². The van der Waals surface area contributed by atoms with Crippen molar-refractivity contribution in [1.29, 1.82) is 0 Å². The highest BCUT2D eigenvalue weighted by atomic mass is 16.5. The Labute approximate surface area is 114 Å². The molecule has 0 N–H and O–H groups in total. The number of pyridine rings is 1. The molecule has 0 bridgehead atoms. The van der Waals surface area contributed by atoms with Crippen LogP contribution in [0.5, 0.6) is 5.75 Å². The van der Waals surface area contributed by atoms with E-state index in [1.54, 1.807) is 13.1 Å². The Balaban J connectivity index is 2.14. The maximum absolute atomic E-state index is 11.6. The average molecular weight is 262 g/mol. The summed E-state index contributed by atoms with van der Waals surface area (Å²) in [6, 6.07) is 3.84. The first-order valence-corrected chi connectivity index (χ1v) is 7.05. The Hall–Kier alpha value is -1.58. The summed E-state index contributed by atoms with van der Waals surface area (Å²) in [5.74, 6) is 2.11. The summed E-state index contributed by atoms with van der Waals surface area (Å²) < 4.78 is 5.75. The fourth-order valence-electron chi connectivity index (χ4n) is 2.45. The van der Waals surface area contributed by atoms with Gasteiger partial charge in [-0.2, -0.15) is 0 Å². The van der Waals surface area contributed by atoms with Gasteiger partial charge in [-0.1, -0.05) is 6.92 Å². The van der Waals surface area contributed by atoms with Crippen LogP contribution in [-0.2, 0) is 4.79 Å². The van der Waals surface area contributed by atoms with Crippen LogP contribution in [-0.4, -0.2) is 30.5 Å². The highest BCUT2D eigenvalue weighted by Crippen LogP contribution is 2.29. The molecule has 0 aliphatic carbocycles. The van der Waals surface area contributed by atoms with Gasteiger partial charge in [0.25, 0.3) is 0 Å². The van der Waals surface area contributed by atoms with Crippen LogP contribution in [0.15, 0.2) is 18.3 Å². The SMILES string of the molecule is CCCOc1cccnc1N1CCCC(C(C)=O)C1. The van der Waals surface area contributed by atoms with Gasteiger partial charge in [-0.25, -0.2) is 4.98 Å². The van der Waals surface area contributed by atoms with E-state index in [-0.39, 0.29) is 11.7 Å². The van der Waals surface area contributed by atoms with Crippen molar-refractivity contribution in [2.75, 3.05) is 24.6 Å². The summed E-state index contributed by atoms with van der Waals surface area (Å²) in [6.07, 6.45) is 4.79. The van der Waals surface area contributed by atoms with Crippen molar-refractivity contribution in [3.63, 3.8) is 0 Å². The zero-order chi connectivity index (χ0) is 13.7. The number of hydrogen-bond acceptors (Lipinski definition) is 4. The van der Waals surface area contributed by atoms with Gasteiger partial charge in [0.1, 0.15) is 5.78 Å². The fourth-order valence-corrected chi connectivity index (χ4v) is 2.45. The summed E-state index contributed by atoms with van der Waals surface area (Å²) in [6.45, 7) is 6.17. The van der Waals surface area contributed by atoms with Crippen molar-refractivity contribution in [3.8, 4) is 5.75 Å². The number of piperidine rings is 1. The molecule has 0 spiro atoms. The number of Topliss-reactive ketones (excluding diaryl/α,β-unsaturated/α-hetero) is 1. The van der Waals surface area contributed by atoms with Crippen LogP contribution in [0.1, 0.15) is 33.1 Å². The second-order valence-corrected chi connectivity index (χ2v) is 5.07. The van der Waals surface area contributed by atoms with Crippen LogP contribution in [0.25, 0.3) is 0 Å². The molecule has 19 heavy (non-hydrogen) atoms. The summed E-state index contributed by atoms with van der Waals surface area (Å²) in [5.41, 5.74) is 0. The van der Waals surface area contributed by atoms with Gasteiger partial charge in [-0.15, -0.1) is 0 Å². The lowest BCUT2D eigenvalue weighted by Crippen LogP contribution is -2.38. The second kappa shape index (κ2) is 6.55.